The molecule has 0 aromatic carbocycles. The molecule has 0 aromatic rings. The molecule has 1 unspecified atom stereocenters. The first-order valence-electron chi connectivity index (χ1n) is 4.84. The van der Waals surface area contributed by atoms with Crippen LogP contribution in [0.3, 0.4) is 0 Å². The minimum atomic E-state index is -1.05. The number of carbonyl (C=O) groups is 2. The first kappa shape index (κ1) is 13.6. The number of carboxylic acid groups (broad SMARTS) is 1. The molecule has 3 N–H and O–H groups in total. The van der Waals surface area contributed by atoms with Gasteiger partial charge in [0.15, 0.2) is 0 Å². The molecule has 0 aliphatic heterocycles. The van der Waals surface area contributed by atoms with E-state index >= 15 is 0 Å². The monoisotopic (exact) mass is 215 g/mol. The van der Waals surface area contributed by atoms with E-state index in [1.807, 2.05) is 0 Å². The molecule has 0 aliphatic carbocycles. The van der Waals surface area contributed by atoms with Crippen molar-refractivity contribution in [2.75, 3.05) is 6.54 Å². The summed E-state index contributed by atoms with van der Waals surface area (Å²) in [7, 11) is 0. The van der Waals surface area contributed by atoms with Crippen LogP contribution in [0, 0.1) is 0 Å². The lowest BCUT2D eigenvalue weighted by molar-refractivity contribution is -0.137. The third kappa shape index (κ3) is 10.6. The molecule has 0 fully saturated rings. The molecule has 0 bridgehead atoms. The Hall–Kier alpha value is -1.36. The van der Waals surface area contributed by atoms with Crippen molar-refractivity contribution in [1.29, 1.82) is 0 Å². The fourth-order valence-corrected chi connectivity index (χ4v) is 0.892. The molecule has 0 spiro atoms. The SMILES string of the molecule is CC(O)CC/C=C/CC(=O)NCC(=O)O. The van der Waals surface area contributed by atoms with E-state index in [1.54, 1.807) is 19.1 Å². The minimum absolute atomic E-state index is 0.174. The topological polar surface area (TPSA) is 86.6 Å². The highest BCUT2D eigenvalue weighted by Crippen LogP contribution is 1.97. The predicted octanol–water partition coefficient (Wildman–Crippen LogP) is 0.294. The molecule has 1 atom stereocenters. The fraction of sp³-hybridized carbons (Fsp3) is 0.600. The molecule has 0 aromatic heterocycles. The number of nitrogens with one attached hydrogen (secondary N) is 1. The van der Waals surface area contributed by atoms with Crippen molar-refractivity contribution >= 4 is 11.9 Å². The van der Waals surface area contributed by atoms with Crippen molar-refractivity contribution in [2.45, 2.75) is 32.3 Å². The average molecular weight is 215 g/mol. The van der Waals surface area contributed by atoms with Crippen LogP contribution >= 0.6 is 0 Å². The van der Waals surface area contributed by atoms with Gasteiger partial charge in [-0.2, -0.15) is 0 Å². The van der Waals surface area contributed by atoms with Gasteiger partial charge in [0.25, 0.3) is 0 Å². The number of carbonyl (C=O) groups excluding carboxylic acids is 1. The Morgan fingerprint density at radius 2 is 2.07 bits per heavy atom. The number of aliphatic hydroxyl groups is 1. The summed E-state index contributed by atoms with van der Waals surface area (Å²) in [6, 6.07) is 0. The number of rotatable bonds is 7. The highest BCUT2D eigenvalue weighted by Gasteiger charge is 2.00. The Labute approximate surface area is 88.8 Å². The molecule has 0 aliphatic rings. The minimum Gasteiger partial charge on any atom is -0.480 e. The first-order valence-corrected chi connectivity index (χ1v) is 4.84. The third-order valence-corrected chi connectivity index (χ3v) is 1.66. The van der Waals surface area contributed by atoms with Gasteiger partial charge in [0, 0.05) is 6.42 Å². The van der Waals surface area contributed by atoms with Crippen LogP contribution in [0.25, 0.3) is 0 Å². The lowest BCUT2D eigenvalue weighted by atomic mass is 10.2. The number of hydrogen-bond donors (Lipinski definition) is 3. The summed E-state index contributed by atoms with van der Waals surface area (Å²) in [6.45, 7) is 1.35. The lowest BCUT2D eigenvalue weighted by Crippen LogP contribution is -2.28. The molecular weight excluding hydrogens is 198 g/mol. The van der Waals surface area contributed by atoms with E-state index in [4.69, 9.17) is 10.2 Å². The second-order valence-corrected chi connectivity index (χ2v) is 3.27. The normalized spacial score (nSPS) is 12.7. The summed E-state index contributed by atoms with van der Waals surface area (Å²) < 4.78 is 0. The van der Waals surface area contributed by atoms with Gasteiger partial charge >= 0.3 is 5.97 Å². The van der Waals surface area contributed by atoms with E-state index in [0.717, 1.165) is 0 Å². The summed E-state index contributed by atoms with van der Waals surface area (Å²) in [6.07, 6.45) is 4.67. The predicted molar refractivity (Wildman–Crippen MR) is 55.3 cm³/mol. The molecule has 0 saturated carbocycles. The first-order chi connectivity index (χ1) is 7.02. The molecule has 0 saturated heterocycles. The van der Waals surface area contributed by atoms with Gasteiger partial charge in [-0.25, -0.2) is 0 Å². The Kier molecular flexibility index (Phi) is 7.27. The van der Waals surface area contributed by atoms with Gasteiger partial charge < -0.3 is 15.5 Å². The van der Waals surface area contributed by atoms with E-state index < -0.39 is 5.97 Å². The summed E-state index contributed by atoms with van der Waals surface area (Å²) in [4.78, 5) is 21.1. The number of carboxylic acids is 1. The highest BCUT2D eigenvalue weighted by atomic mass is 16.4. The van der Waals surface area contributed by atoms with E-state index in [2.05, 4.69) is 5.32 Å². The summed E-state index contributed by atoms with van der Waals surface area (Å²) in [5, 5.41) is 19.4. The van der Waals surface area contributed by atoms with Crippen LogP contribution in [0.2, 0.25) is 0 Å². The van der Waals surface area contributed by atoms with Crippen LogP contribution in [0.5, 0.6) is 0 Å². The van der Waals surface area contributed by atoms with Crippen LogP contribution in [0.4, 0.5) is 0 Å². The molecule has 5 nitrogen and oxygen atoms in total. The maximum absolute atomic E-state index is 11.0. The fourth-order valence-electron chi connectivity index (χ4n) is 0.892. The molecule has 15 heavy (non-hydrogen) atoms. The Bertz CT molecular complexity index is 236. The third-order valence-electron chi connectivity index (χ3n) is 1.66. The summed E-state index contributed by atoms with van der Waals surface area (Å²) in [5.74, 6) is -1.37. The van der Waals surface area contributed by atoms with Crippen LogP contribution in [0.15, 0.2) is 12.2 Å². The van der Waals surface area contributed by atoms with E-state index in [-0.39, 0.29) is 25.0 Å². The molecular formula is C10H17NO4. The van der Waals surface area contributed by atoms with Gasteiger partial charge in [0.2, 0.25) is 5.91 Å². The van der Waals surface area contributed by atoms with Crippen molar-refractivity contribution in [3.05, 3.63) is 12.2 Å². The zero-order valence-electron chi connectivity index (χ0n) is 8.77. The Morgan fingerprint density at radius 1 is 1.40 bits per heavy atom. The van der Waals surface area contributed by atoms with Gasteiger partial charge in [-0.1, -0.05) is 12.2 Å². The van der Waals surface area contributed by atoms with Gasteiger partial charge in [-0.15, -0.1) is 0 Å². The number of allylic oxidation sites excluding steroid dienone is 1. The molecule has 0 rings (SSSR count). The lowest BCUT2D eigenvalue weighted by Gasteiger charge is -1.99. The largest absolute Gasteiger partial charge is 0.480 e. The Balaban J connectivity index is 3.49. The van der Waals surface area contributed by atoms with Gasteiger partial charge in [-0.05, 0) is 19.8 Å². The molecule has 0 heterocycles. The molecule has 0 radical (unpaired) electrons. The van der Waals surface area contributed by atoms with Crippen molar-refractivity contribution in [2.24, 2.45) is 0 Å². The van der Waals surface area contributed by atoms with E-state index in [0.29, 0.717) is 12.8 Å². The van der Waals surface area contributed by atoms with Gasteiger partial charge in [-0.3, -0.25) is 9.59 Å². The van der Waals surface area contributed by atoms with E-state index in [9.17, 15) is 9.59 Å². The van der Waals surface area contributed by atoms with Gasteiger partial charge in [0.05, 0.1) is 6.10 Å². The molecule has 1 amide bonds. The van der Waals surface area contributed by atoms with E-state index in [1.165, 1.54) is 0 Å². The van der Waals surface area contributed by atoms with Crippen molar-refractivity contribution in [3.8, 4) is 0 Å². The number of aliphatic carboxylic acids is 1. The number of amides is 1. The standard InChI is InChI=1S/C10H17NO4/c1-8(12)5-3-2-4-6-9(13)11-7-10(14)15/h2,4,8,12H,3,5-7H2,1H3,(H,11,13)(H,14,15)/b4-2+. The second-order valence-electron chi connectivity index (χ2n) is 3.27. The number of aliphatic hydroxyl groups excluding tert-OH is 1. The average Bonchev–Trinajstić information content (AvgIpc) is 2.13. The summed E-state index contributed by atoms with van der Waals surface area (Å²) in [5.41, 5.74) is 0. The quantitative estimate of drug-likeness (QED) is 0.533. The van der Waals surface area contributed by atoms with Crippen molar-refractivity contribution in [3.63, 3.8) is 0 Å². The van der Waals surface area contributed by atoms with Crippen LogP contribution in [-0.4, -0.2) is 34.7 Å². The maximum atomic E-state index is 11.0. The molecule has 5 heteroatoms. The van der Waals surface area contributed by atoms with Crippen molar-refractivity contribution < 1.29 is 19.8 Å². The smallest absolute Gasteiger partial charge is 0.322 e. The van der Waals surface area contributed by atoms with Crippen molar-refractivity contribution in [1.82, 2.24) is 5.32 Å². The van der Waals surface area contributed by atoms with Crippen LogP contribution in [0.1, 0.15) is 26.2 Å². The van der Waals surface area contributed by atoms with Crippen LogP contribution < -0.4 is 5.32 Å². The summed E-state index contributed by atoms with van der Waals surface area (Å²) >= 11 is 0. The number of hydrogen-bond acceptors (Lipinski definition) is 3. The van der Waals surface area contributed by atoms with Crippen LogP contribution in [-0.2, 0) is 9.59 Å². The second kappa shape index (κ2) is 7.99. The zero-order chi connectivity index (χ0) is 11.7. The molecule has 86 valence electrons. The Morgan fingerprint density at radius 3 is 2.60 bits per heavy atom. The van der Waals surface area contributed by atoms with Gasteiger partial charge in [0.1, 0.15) is 6.54 Å². The highest BCUT2D eigenvalue weighted by molar-refractivity contribution is 5.81. The maximum Gasteiger partial charge on any atom is 0.322 e. The zero-order valence-corrected chi connectivity index (χ0v) is 8.77.